The zero-order valence-electron chi connectivity index (χ0n) is 14.2. The van der Waals surface area contributed by atoms with E-state index in [1.165, 1.54) is 6.07 Å². The zero-order valence-corrected chi connectivity index (χ0v) is 14.2. The predicted molar refractivity (Wildman–Crippen MR) is 101 cm³/mol. The molecule has 0 aliphatic heterocycles. The number of nitrogens with one attached hydrogen (secondary N) is 2. The van der Waals surface area contributed by atoms with Gasteiger partial charge in [0.25, 0.3) is 11.8 Å². The quantitative estimate of drug-likeness (QED) is 0.549. The van der Waals surface area contributed by atoms with Gasteiger partial charge in [0.2, 0.25) is 0 Å². The van der Waals surface area contributed by atoms with Gasteiger partial charge >= 0.3 is 0 Å². The summed E-state index contributed by atoms with van der Waals surface area (Å²) in [6.45, 7) is 0. The molecular weight excluding hydrogens is 342 g/mol. The fourth-order valence-electron chi connectivity index (χ4n) is 2.70. The van der Waals surface area contributed by atoms with E-state index < -0.39 is 11.8 Å². The summed E-state index contributed by atoms with van der Waals surface area (Å²) >= 11 is 0. The van der Waals surface area contributed by atoms with Gasteiger partial charge in [-0.25, -0.2) is 0 Å². The number of hydrogen-bond donors (Lipinski definition) is 2. The molecule has 6 nitrogen and oxygen atoms in total. The number of benzene rings is 3. The van der Waals surface area contributed by atoms with Crippen molar-refractivity contribution in [3.8, 4) is 11.3 Å². The van der Waals surface area contributed by atoms with Crippen molar-refractivity contribution in [1.82, 2.24) is 16.0 Å². The van der Waals surface area contributed by atoms with Crippen LogP contribution in [0.25, 0.3) is 22.1 Å². The van der Waals surface area contributed by atoms with Gasteiger partial charge in [0.1, 0.15) is 0 Å². The van der Waals surface area contributed by atoms with Crippen molar-refractivity contribution >= 4 is 22.6 Å². The highest BCUT2D eigenvalue weighted by Crippen LogP contribution is 2.19. The van der Waals surface area contributed by atoms with Gasteiger partial charge in [0, 0.05) is 17.2 Å². The number of carbonyl (C=O) groups is 2. The second-order valence-electron chi connectivity index (χ2n) is 5.91. The van der Waals surface area contributed by atoms with Crippen molar-refractivity contribution in [2.75, 3.05) is 0 Å². The van der Waals surface area contributed by atoms with E-state index in [-0.39, 0.29) is 5.69 Å². The average molecular weight is 357 g/mol. The Bertz CT molecular complexity index is 1120. The average Bonchev–Trinajstić information content (AvgIpc) is 3.22. The number of hydrogen-bond acceptors (Lipinski definition) is 4. The van der Waals surface area contributed by atoms with Crippen molar-refractivity contribution in [2.45, 2.75) is 0 Å². The number of amides is 2. The Balaban J connectivity index is 1.42. The molecule has 4 rings (SSSR count). The zero-order chi connectivity index (χ0) is 18.6. The third kappa shape index (κ3) is 3.55. The van der Waals surface area contributed by atoms with Crippen LogP contribution in [0.3, 0.4) is 0 Å². The van der Waals surface area contributed by atoms with Gasteiger partial charge in [-0.15, -0.1) is 0 Å². The first-order chi connectivity index (χ1) is 13.2. The summed E-state index contributed by atoms with van der Waals surface area (Å²) in [5.74, 6) is -0.502. The summed E-state index contributed by atoms with van der Waals surface area (Å²) < 4.78 is 5.19. The minimum atomic E-state index is -0.560. The number of hydrazine groups is 1. The second kappa shape index (κ2) is 7.13. The van der Waals surface area contributed by atoms with E-state index in [9.17, 15) is 9.59 Å². The highest BCUT2D eigenvalue weighted by Gasteiger charge is 2.15. The lowest BCUT2D eigenvalue weighted by Crippen LogP contribution is -2.41. The maximum Gasteiger partial charge on any atom is 0.291 e. The molecule has 0 unspecified atom stereocenters. The molecule has 1 aromatic heterocycles. The van der Waals surface area contributed by atoms with Crippen molar-refractivity contribution < 1.29 is 14.1 Å². The summed E-state index contributed by atoms with van der Waals surface area (Å²) in [6.07, 6.45) is 0. The molecule has 2 N–H and O–H groups in total. The first-order valence-corrected chi connectivity index (χ1v) is 8.32. The minimum absolute atomic E-state index is 0.0765. The van der Waals surface area contributed by atoms with Crippen molar-refractivity contribution in [1.29, 1.82) is 0 Å². The molecule has 6 heteroatoms. The van der Waals surface area contributed by atoms with Crippen LogP contribution in [0.2, 0.25) is 0 Å². The van der Waals surface area contributed by atoms with Gasteiger partial charge < -0.3 is 4.52 Å². The van der Waals surface area contributed by atoms with Gasteiger partial charge in [0.05, 0.1) is 0 Å². The van der Waals surface area contributed by atoms with Crippen LogP contribution in [0.15, 0.2) is 83.4 Å². The molecule has 0 bridgehead atoms. The molecule has 0 radical (unpaired) electrons. The molecule has 0 spiro atoms. The Morgan fingerprint density at radius 1 is 0.741 bits per heavy atom. The van der Waals surface area contributed by atoms with E-state index in [0.717, 1.165) is 16.3 Å². The molecule has 27 heavy (non-hydrogen) atoms. The molecular formula is C21H15N3O3. The molecule has 0 aliphatic carbocycles. The first kappa shape index (κ1) is 16.5. The normalized spacial score (nSPS) is 10.5. The maximum absolute atomic E-state index is 12.3. The molecule has 132 valence electrons. The number of rotatable bonds is 3. The summed E-state index contributed by atoms with van der Waals surface area (Å²) in [5, 5.41) is 5.73. The molecule has 2 amide bonds. The Hall–Kier alpha value is -3.93. The number of carbonyl (C=O) groups excluding carboxylic acids is 2. The highest BCUT2D eigenvalue weighted by molar-refractivity contribution is 6.00. The molecule has 4 aromatic rings. The van der Waals surface area contributed by atoms with Gasteiger partial charge in [-0.1, -0.05) is 65.8 Å². The van der Waals surface area contributed by atoms with Crippen LogP contribution in [0, 0.1) is 0 Å². The molecule has 0 aliphatic rings. The third-order valence-corrected chi connectivity index (χ3v) is 4.10. The first-order valence-electron chi connectivity index (χ1n) is 8.32. The van der Waals surface area contributed by atoms with Crippen molar-refractivity contribution in [3.05, 3.63) is 90.1 Å². The maximum atomic E-state index is 12.3. The highest BCUT2D eigenvalue weighted by atomic mass is 16.5. The van der Waals surface area contributed by atoms with E-state index in [0.29, 0.717) is 11.3 Å². The van der Waals surface area contributed by atoms with Crippen LogP contribution >= 0.6 is 0 Å². The summed E-state index contributed by atoms with van der Waals surface area (Å²) in [7, 11) is 0. The van der Waals surface area contributed by atoms with Gasteiger partial charge in [0.15, 0.2) is 11.5 Å². The fourth-order valence-corrected chi connectivity index (χ4v) is 2.70. The van der Waals surface area contributed by atoms with Gasteiger partial charge in [-0.2, -0.15) is 0 Å². The molecule has 0 saturated heterocycles. The lowest BCUT2D eigenvalue weighted by Gasteiger charge is -2.06. The summed E-state index contributed by atoms with van der Waals surface area (Å²) in [6, 6.07) is 23.9. The lowest BCUT2D eigenvalue weighted by atomic mass is 10.1. The predicted octanol–water partition coefficient (Wildman–Crippen LogP) is 3.57. The van der Waals surface area contributed by atoms with Crippen LogP contribution < -0.4 is 10.9 Å². The third-order valence-electron chi connectivity index (χ3n) is 4.10. The Morgan fingerprint density at radius 2 is 1.44 bits per heavy atom. The molecule has 0 atom stereocenters. The van der Waals surface area contributed by atoms with Gasteiger partial charge in [-0.3, -0.25) is 20.4 Å². The number of aromatic nitrogens is 1. The Labute approximate surface area is 154 Å². The van der Waals surface area contributed by atoms with E-state index in [1.807, 2.05) is 60.7 Å². The Morgan fingerprint density at radius 3 is 2.26 bits per heavy atom. The molecule has 0 fully saturated rings. The number of nitrogens with zero attached hydrogens (tertiary/aromatic N) is 1. The SMILES string of the molecule is O=C(NNC(=O)c1cc(-c2ccccc2)on1)c1ccc2ccccc2c1. The standard InChI is InChI=1S/C21H15N3O3/c25-20(17-11-10-14-6-4-5-9-16(14)12-17)22-23-21(26)18-13-19(27-24-18)15-7-2-1-3-8-15/h1-13H,(H,22,25)(H,23,26). The summed E-state index contributed by atoms with van der Waals surface area (Å²) in [5.41, 5.74) is 6.07. The van der Waals surface area contributed by atoms with Crippen LogP contribution in [-0.2, 0) is 0 Å². The smallest absolute Gasteiger partial charge is 0.291 e. The largest absolute Gasteiger partial charge is 0.355 e. The van der Waals surface area contributed by atoms with E-state index in [1.54, 1.807) is 12.1 Å². The Kier molecular flexibility index (Phi) is 4.37. The molecule has 0 saturated carbocycles. The van der Waals surface area contributed by atoms with Crippen molar-refractivity contribution in [2.24, 2.45) is 0 Å². The van der Waals surface area contributed by atoms with Crippen molar-refractivity contribution in [3.63, 3.8) is 0 Å². The fraction of sp³-hybridized carbons (Fsp3) is 0. The molecule has 3 aromatic carbocycles. The minimum Gasteiger partial charge on any atom is -0.355 e. The van der Waals surface area contributed by atoms with E-state index in [4.69, 9.17) is 4.52 Å². The van der Waals surface area contributed by atoms with E-state index >= 15 is 0 Å². The lowest BCUT2D eigenvalue weighted by molar-refractivity contribution is 0.0841. The van der Waals surface area contributed by atoms with Crippen LogP contribution in [0.5, 0.6) is 0 Å². The second-order valence-corrected chi connectivity index (χ2v) is 5.91. The van der Waals surface area contributed by atoms with Crippen LogP contribution in [0.1, 0.15) is 20.8 Å². The summed E-state index contributed by atoms with van der Waals surface area (Å²) in [4.78, 5) is 24.5. The topological polar surface area (TPSA) is 84.2 Å². The van der Waals surface area contributed by atoms with E-state index in [2.05, 4.69) is 16.0 Å². The van der Waals surface area contributed by atoms with Crippen LogP contribution in [-0.4, -0.2) is 17.0 Å². The molecule has 1 heterocycles. The van der Waals surface area contributed by atoms with Crippen LogP contribution in [0.4, 0.5) is 0 Å². The monoisotopic (exact) mass is 357 g/mol. The number of fused-ring (bicyclic) bond motifs is 1. The van der Waals surface area contributed by atoms with Gasteiger partial charge in [-0.05, 0) is 22.9 Å².